The average Bonchev–Trinajstić information content (AvgIpc) is 2.96. The average molecular weight is 335 g/mol. The molecule has 23 heavy (non-hydrogen) atoms. The van der Waals surface area contributed by atoms with E-state index in [2.05, 4.69) is 15.5 Å². The van der Waals surface area contributed by atoms with Gasteiger partial charge in [-0.25, -0.2) is 13.5 Å². The molecular weight excluding hydrogens is 318 g/mol. The normalized spacial score (nSPS) is 21.4. The number of sulfone groups is 1. The molecule has 0 radical (unpaired) electrons. The Morgan fingerprint density at radius 1 is 1.35 bits per heavy atom. The van der Waals surface area contributed by atoms with Crippen LogP contribution in [0.2, 0.25) is 0 Å². The third-order valence-corrected chi connectivity index (χ3v) is 5.89. The maximum Gasteiger partial charge on any atom is 0.272 e. The van der Waals surface area contributed by atoms with Crippen molar-refractivity contribution < 1.29 is 13.2 Å². The third-order valence-electron chi connectivity index (χ3n) is 4.25. The molecule has 1 aromatic carbocycles. The maximum absolute atomic E-state index is 12.3. The van der Waals surface area contributed by atoms with Gasteiger partial charge in [0.2, 0.25) is 0 Å². The molecule has 0 bridgehead atoms. The largest absolute Gasteiger partial charge is 0.349 e. The number of nitrogens with one attached hydrogen (secondary N) is 2. The van der Waals surface area contributed by atoms with E-state index in [9.17, 15) is 18.0 Å². The molecule has 1 saturated carbocycles. The zero-order valence-corrected chi connectivity index (χ0v) is 13.4. The lowest BCUT2D eigenvalue weighted by molar-refractivity contribution is 0.0938. The fourth-order valence-electron chi connectivity index (χ4n) is 2.97. The van der Waals surface area contributed by atoms with Gasteiger partial charge in [-0.15, -0.1) is 0 Å². The van der Waals surface area contributed by atoms with Crippen molar-refractivity contribution >= 4 is 26.5 Å². The van der Waals surface area contributed by atoms with E-state index in [1.54, 1.807) is 18.2 Å². The molecule has 2 unspecified atom stereocenters. The van der Waals surface area contributed by atoms with Crippen LogP contribution >= 0.6 is 0 Å². The van der Waals surface area contributed by atoms with Crippen molar-refractivity contribution in [3.05, 3.63) is 40.3 Å². The number of fused-ring (bicyclic) bond motifs is 1. The molecule has 2 aromatic rings. The number of hydrogen-bond donors (Lipinski definition) is 2. The van der Waals surface area contributed by atoms with Crippen LogP contribution in [0.25, 0.3) is 10.8 Å². The predicted octanol–water partition coefficient (Wildman–Crippen LogP) is 0.619. The summed E-state index contributed by atoms with van der Waals surface area (Å²) < 4.78 is 23.1. The molecule has 2 atom stereocenters. The van der Waals surface area contributed by atoms with E-state index in [0.717, 1.165) is 0 Å². The van der Waals surface area contributed by atoms with Gasteiger partial charge in [-0.05, 0) is 37.5 Å². The molecule has 122 valence electrons. The molecular formula is C15H17N3O4S. The van der Waals surface area contributed by atoms with Gasteiger partial charge in [-0.2, -0.15) is 5.10 Å². The summed E-state index contributed by atoms with van der Waals surface area (Å²) in [5.41, 5.74) is 0.119. The molecule has 2 N–H and O–H groups in total. The molecule has 0 spiro atoms. The molecule has 0 saturated heterocycles. The maximum atomic E-state index is 12.3. The van der Waals surface area contributed by atoms with Crippen molar-refractivity contribution in [2.75, 3.05) is 6.26 Å². The molecule has 1 heterocycles. The Morgan fingerprint density at radius 3 is 2.83 bits per heavy atom. The molecule has 8 heteroatoms. The first-order chi connectivity index (χ1) is 10.8. The molecule has 7 nitrogen and oxygen atoms in total. The first-order valence-corrected chi connectivity index (χ1v) is 9.27. The number of nitrogens with zero attached hydrogens (tertiary/aromatic N) is 1. The summed E-state index contributed by atoms with van der Waals surface area (Å²) in [5, 5.41) is 9.59. The summed E-state index contributed by atoms with van der Waals surface area (Å²) in [6, 6.07) is 4.63. The molecule has 3 rings (SSSR count). The summed E-state index contributed by atoms with van der Waals surface area (Å²) >= 11 is 0. The van der Waals surface area contributed by atoms with E-state index >= 15 is 0 Å². The van der Waals surface area contributed by atoms with E-state index < -0.39 is 9.84 Å². The second-order valence-corrected chi connectivity index (χ2v) is 8.26. The lowest BCUT2D eigenvalue weighted by Crippen LogP contribution is -2.33. The number of benzene rings is 1. The Hall–Kier alpha value is -2.22. The quantitative estimate of drug-likeness (QED) is 0.854. The van der Waals surface area contributed by atoms with E-state index in [4.69, 9.17) is 0 Å². The van der Waals surface area contributed by atoms with Crippen LogP contribution in [0, 0.1) is 0 Å². The monoisotopic (exact) mass is 335 g/mol. The highest BCUT2D eigenvalue weighted by atomic mass is 32.2. The Bertz CT molecular complexity index is 920. The lowest BCUT2D eigenvalue weighted by Gasteiger charge is -2.13. The van der Waals surface area contributed by atoms with Crippen LogP contribution in [-0.2, 0) is 9.84 Å². The predicted molar refractivity (Wildman–Crippen MR) is 86.1 cm³/mol. The van der Waals surface area contributed by atoms with Gasteiger partial charge in [0.15, 0.2) is 0 Å². The Morgan fingerprint density at radius 2 is 2.13 bits per heavy atom. The van der Waals surface area contributed by atoms with Crippen molar-refractivity contribution in [3.8, 4) is 0 Å². The Kier molecular flexibility index (Phi) is 3.93. The first-order valence-electron chi connectivity index (χ1n) is 7.32. The summed E-state index contributed by atoms with van der Waals surface area (Å²) in [7, 11) is -3.07. The minimum Gasteiger partial charge on any atom is -0.349 e. The fraction of sp³-hybridized carbons (Fsp3) is 0.400. The molecule has 1 aromatic heterocycles. The van der Waals surface area contributed by atoms with Crippen molar-refractivity contribution in [2.24, 2.45) is 0 Å². The topological polar surface area (TPSA) is 109 Å². The molecule has 1 fully saturated rings. The van der Waals surface area contributed by atoms with Crippen LogP contribution in [0.4, 0.5) is 0 Å². The van der Waals surface area contributed by atoms with Gasteiger partial charge < -0.3 is 5.32 Å². The van der Waals surface area contributed by atoms with Crippen LogP contribution < -0.4 is 10.9 Å². The summed E-state index contributed by atoms with van der Waals surface area (Å²) in [4.78, 5) is 23.9. The minimum absolute atomic E-state index is 0.143. The zero-order valence-electron chi connectivity index (χ0n) is 12.6. The number of amides is 1. The van der Waals surface area contributed by atoms with Gasteiger partial charge in [0.1, 0.15) is 9.84 Å². The number of aromatic nitrogens is 2. The summed E-state index contributed by atoms with van der Waals surface area (Å²) in [5.74, 6) is -0.272. The Balaban J connectivity index is 1.76. The second kappa shape index (κ2) is 5.77. The van der Waals surface area contributed by atoms with Crippen LogP contribution in [-0.4, -0.2) is 42.1 Å². The molecule has 0 aliphatic heterocycles. The van der Waals surface area contributed by atoms with Crippen LogP contribution in [0.3, 0.4) is 0 Å². The highest BCUT2D eigenvalue weighted by molar-refractivity contribution is 7.91. The van der Waals surface area contributed by atoms with E-state index in [1.165, 1.54) is 12.5 Å². The minimum atomic E-state index is -3.07. The van der Waals surface area contributed by atoms with Gasteiger partial charge in [0.05, 0.1) is 16.8 Å². The summed E-state index contributed by atoms with van der Waals surface area (Å²) in [6.45, 7) is 0. The zero-order chi connectivity index (χ0) is 16.6. The van der Waals surface area contributed by atoms with Crippen molar-refractivity contribution in [3.63, 3.8) is 0 Å². The van der Waals surface area contributed by atoms with Crippen molar-refractivity contribution in [2.45, 2.75) is 30.6 Å². The molecule has 1 aliphatic rings. The SMILES string of the molecule is CS(=O)(=O)C1CCC(NC(=O)c2ccc3c(=O)[nH]ncc3c2)C1. The van der Waals surface area contributed by atoms with Crippen molar-refractivity contribution in [1.82, 2.24) is 15.5 Å². The van der Waals surface area contributed by atoms with E-state index in [-0.39, 0.29) is 22.8 Å². The van der Waals surface area contributed by atoms with Gasteiger partial charge in [0.25, 0.3) is 11.5 Å². The van der Waals surface area contributed by atoms with Gasteiger partial charge in [0, 0.05) is 23.2 Å². The van der Waals surface area contributed by atoms with Crippen LogP contribution in [0.5, 0.6) is 0 Å². The highest BCUT2D eigenvalue weighted by Crippen LogP contribution is 2.25. The first kappa shape index (κ1) is 15.7. The Labute approximate surface area is 133 Å². The highest BCUT2D eigenvalue weighted by Gasteiger charge is 2.32. The second-order valence-electron chi connectivity index (χ2n) is 5.94. The number of rotatable bonds is 3. The molecule has 1 amide bonds. The van der Waals surface area contributed by atoms with Crippen LogP contribution in [0.1, 0.15) is 29.6 Å². The van der Waals surface area contributed by atoms with E-state index in [1.807, 2.05) is 0 Å². The lowest BCUT2D eigenvalue weighted by atomic mass is 10.1. The smallest absolute Gasteiger partial charge is 0.272 e. The number of aromatic amines is 1. The number of carbonyl (C=O) groups is 1. The van der Waals surface area contributed by atoms with Gasteiger partial charge in [-0.3, -0.25) is 9.59 Å². The van der Waals surface area contributed by atoms with Crippen LogP contribution in [0.15, 0.2) is 29.2 Å². The number of hydrogen-bond acceptors (Lipinski definition) is 5. The number of H-pyrrole nitrogens is 1. The number of carbonyl (C=O) groups excluding carboxylic acids is 1. The molecule has 1 aliphatic carbocycles. The fourth-order valence-corrected chi connectivity index (χ4v) is 4.11. The van der Waals surface area contributed by atoms with Gasteiger partial charge in [-0.1, -0.05) is 0 Å². The van der Waals surface area contributed by atoms with E-state index in [0.29, 0.717) is 35.6 Å². The summed E-state index contributed by atoms with van der Waals surface area (Å²) in [6.07, 6.45) is 4.39. The standard InChI is InChI=1S/C15H17N3O4S/c1-23(21,22)12-4-3-11(7-12)17-14(19)9-2-5-13-10(6-9)8-16-18-15(13)20/h2,5-6,8,11-12H,3-4,7H2,1H3,(H,17,19)(H,18,20). The van der Waals surface area contributed by atoms with Crippen molar-refractivity contribution in [1.29, 1.82) is 0 Å². The third kappa shape index (κ3) is 3.26. The van der Waals surface area contributed by atoms with Gasteiger partial charge >= 0.3 is 0 Å².